The molecule has 0 bridgehead atoms. The van der Waals surface area contributed by atoms with Gasteiger partial charge in [0.05, 0.1) is 5.02 Å². The fourth-order valence-corrected chi connectivity index (χ4v) is 0.963. The van der Waals surface area contributed by atoms with E-state index in [1.165, 1.54) is 12.4 Å². The molecule has 1 atom stereocenters. The van der Waals surface area contributed by atoms with Gasteiger partial charge in [-0.15, -0.1) is 0 Å². The second-order valence-corrected chi connectivity index (χ2v) is 2.48. The maximum atomic E-state index is 10.4. The normalized spacial score (nSPS) is 12.9. The van der Waals surface area contributed by atoms with Crippen molar-refractivity contribution in [2.75, 3.05) is 0 Å². The molecule has 0 aliphatic carbocycles. The molecule has 0 aliphatic rings. The van der Waals surface area contributed by atoms with Crippen LogP contribution in [-0.4, -0.2) is 16.1 Å². The van der Waals surface area contributed by atoms with Crippen molar-refractivity contribution in [3.05, 3.63) is 23.0 Å². The van der Waals surface area contributed by atoms with E-state index in [0.29, 0.717) is 10.6 Å². The SMILES string of the molecule is NC(C(=O)O)c1c[nH]cc1Cl. The summed E-state index contributed by atoms with van der Waals surface area (Å²) in [5, 5.41) is 8.83. The number of halogens is 1. The van der Waals surface area contributed by atoms with Crippen LogP contribution in [0.25, 0.3) is 0 Å². The van der Waals surface area contributed by atoms with E-state index in [-0.39, 0.29) is 0 Å². The molecule has 0 saturated carbocycles. The molecule has 11 heavy (non-hydrogen) atoms. The predicted molar refractivity (Wildman–Crippen MR) is 40.4 cm³/mol. The highest BCUT2D eigenvalue weighted by atomic mass is 35.5. The fourth-order valence-electron chi connectivity index (χ4n) is 0.728. The van der Waals surface area contributed by atoms with Gasteiger partial charge < -0.3 is 15.8 Å². The lowest BCUT2D eigenvalue weighted by molar-refractivity contribution is -0.138. The number of hydrogen-bond acceptors (Lipinski definition) is 2. The minimum absolute atomic E-state index is 0.347. The molecule has 0 aromatic carbocycles. The van der Waals surface area contributed by atoms with Gasteiger partial charge in [0.1, 0.15) is 6.04 Å². The Kier molecular flexibility index (Phi) is 2.16. The molecule has 4 nitrogen and oxygen atoms in total. The zero-order valence-corrected chi connectivity index (χ0v) is 6.30. The van der Waals surface area contributed by atoms with Crippen molar-refractivity contribution in [1.29, 1.82) is 0 Å². The molecule has 0 radical (unpaired) electrons. The summed E-state index contributed by atoms with van der Waals surface area (Å²) in [7, 11) is 0. The molecule has 0 spiro atoms. The first kappa shape index (κ1) is 8.10. The van der Waals surface area contributed by atoms with Crippen molar-refractivity contribution in [3.8, 4) is 0 Å². The van der Waals surface area contributed by atoms with Gasteiger partial charge in [0.2, 0.25) is 0 Å². The molecule has 60 valence electrons. The van der Waals surface area contributed by atoms with Gasteiger partial charge >= 0.3 is 5.97 Å². The molecule has 1 rings (SSSR count). The van der Waals surface area contributed by atoms with E-state index in [1.807, 2.05) is 0 Å². The number of H-pyrrole nitrogens is 1. The Labute approximate surface area is 68.0 Å². The van der Waals surface area contributed by atoms with E-state index in [1.54, 1.807) is 0 Å². The van der Waals surface area contributed by atoms with Crippen LogP contribution in [0, 0.1) is 0 Å². The Balaban J connectivity index is 2.92. The van der Waals surface area contributed by atoms with Crippen molar-refractivity contribution in [2.24, 2.45) is 5.73 Å². The Morgan fingerprint density at radius 3 is 2.73 bits per heavy atom. The van der Waals surface area contributed by atoms with Crippen LogP contribution in [0.4, 0.5) is 0 Å². The quantitative estimate of drug-likeness (QED) is 0.619. The molecule has 1 aromatic heterocycles. The summed E-state index contributed by atoms with van der Waals surface area (Å²) in [5.74, 6) is -1.09. The van der Waals surface area contributed by atoms with Crippen molar-refractivity contribution >= 4 is 17.6 Å². The lowest BCUT2D eigenvalue weighted by Crippen LogP contribution is -2.20. The van der Waals surface area contributed by atoms with Crippen LogP contribution in [0.3, 0.4) is 0 Å². The zero-order valence-electron chi connectivity index (χ0n) is 5.54. The molecule has 0 aliphatic heterocycles. The monoisotopic (exact) mass is 174 g/mol. The number of rotatable bonds is 2. The van der Waals surface area contributed by atoms with Crippen LogP contribution < -0.4 is 5.73 Å². The van der Waals surface area contributed by atoms with E-state index >= 15 is 0 Å². The zero-order chi connectivity index (χ0) is 8.43. The third-order valence-electron chi connectivity index (χ3n) is 1.33. The summed E-state index contributed by atoms with van der Waals surface area (Å²) in [6.07, 6.45) is 2.96. The third-order valence-corrected chi connectivity index (χ3v) is 1.65. The number of aliphatic carboxylic acids is 1. The molecular weight excluding hydrogens is 168 g/mol. The number of aromatic nitrogens is 1. The smallest absolute Gasteiger partial charge is 0.325 e. The number of nitrogens with two attached hydrogens (primary N) is 1. The van der Waals surface area contributed by atoms with Crippen LogP contribution >= 0.6 is 11.6 Å². The third kappa shape index (κ3) is 1.53. The van der Waals surface area contributed by atoms with Gasteiger partial charge in [-0.05, 0) is 0 Å². The summed E-state index contributed by atoms with van der Waals surface area (Å²) in [6.45, 7) is 0. The summed E-state index contributed by atoms with van der Waals surface area (Å²) >= 11 is 5.60. The molecule has 1 heterocycles. The molecule has 1 unspecified atom stereocenters. The van der Waals surface area contributed by atoms with Crippen LogP contribution in [-0.2, 0) is 4.79 Å². The van der Waals surface area contributed by atoms with Gasteiger partial charge in [-0.2, -0.15) is 0 Å². The number of carboxylic acids is 1. The van der Waals surface area contributed by atoms with Crippen LogP contribution in [0.1, 0.15) is 11.6 Å². The maximum Gasteiger partial charge on any atom is 0.325 e. The van der Waals surface area contributed by atoms with Gasteiger partial charge in [-0.3, -0.25) is 4.79 Å². The van der Waals surface area contributed by atoms with Gasteiger partial charge in [-0.25, -0.2) is 0 Å². The Morgan fingerprint density at radius 2 is 2.36 bits per heavy atom. The first-order valence-corrected chi connectivity index (χ1v) is 3.31. The Hall–Kier alpha value is -1.00. The number of hydrogen-bond donors (Lipinski definition) is 3. The molecule has 1 aromatic rings. The summed E-state index contributed by atoms with van der Waals surface area (Å²) in [6, 6.07) is -1.05. The molecule has 0 amide bonds. The van der Waals surface area contributed by atoms with Gasteiger partial charge in [0.25, 0.3) is 0 Å². The lowest BCUT2D eigenvalue weighted by atomic mass is 10.2. The minimum Gasteiger partial charge on any atom is -0.480 e. The Bertz CT molecular complexity index is 271. The van der Waals surface area contributed by atoms with Gasteiger partial charge in [0.15, 0.2) is 0 Å². The second-order valence-electron chi connectivity index (χ2n) is 2.07. The maximum absolute atomic E-state index is 10.4. The lowest BCUT2D eigenvalue weighted by Gasteiger charge is -2.02. The van der Waals surface area contributed by atoms with Crippen LogP contribution in [0.5, 0.6) is 0 Å². The molecule has 4 N–H and O–H groups in total. The van der Waals surface area contributed by atoms with E-state index in [0.717, 1.165) is 0 Å². The van der Waals surface area contributed by atoms with Crippen LogP contribution in [0.15, 0.2) is 12.4 Å². The standard InChI is InChI=1S/C6H7ClN2O2/c7-4-2-9-1-3(4)5(8)6(10)11/h1-2,5,9H,8H2,(H,10,11). The second kappa shape index (κ2) is 2.94. The van der Waals surface area contributed by atoms with E-state index in [2.05, 4.69) is 4.98 Å². The average Bonchev–Trinajstić information content (AvgIpc) is 2.33. The Morgan fingerprint density at radius 1 is 1.73 bits per heavy atom. The summed E-state index contributed by atoms with van der Waals surface area (Å²) in [5.41, 5.74) is 5.68. The molecule has 0 fully saturated rings. The number of nitrogens with one attached hydrogen (secondary N) is 1. The van der Waals surface area contributed by atoms with Gasteiger partial charge in [0, 0.05) is 18.0 Å². The number of aromatic amines is 1. The molecule has 5 heteroatoms. The highest BCUT2D eigenvalue weighted by Gasteiger charge is 2.17. The summed E-state index contributed by atoms with van der Waals surface area (Å²) < 4.78 is 0. The highest BCUT2D eigenvalue weighted by molar-refractivity contribution is 6.31. The number of carbonyl (C=O) groups is 1. The van der Waals surface area contributed by atoms with E-state index < -0.39 is 12.0 Å². The van der Waals surface area contributed by atoms with E-state index in [4.69, 9.17) is 22.4 Å². The molecule has 0 saturated heterocycles. The first-order chi connectivity index (χ1) is 5.13. The van der Waals surface area contributed by atoms with Crippen molar-refractivity contribution < 1.29 is 9.90 Å². The average molecular weight is 175 g/mol. The van der Waals surface area contributed by atoms with Crippen molar-refractivity contribution in [2.45, 2.75) is 6.04 Å². The van der Waals surface area contributed by atoms with E-state index in [9.17, 15) is 4.79 Å². The fraction of sp³-hybridized carbons (Fsp3) is 0.167. The first-order valence-electron chi connectivity index (χ1n) is 2.93. The summed E-state index contributed by atoms with van der Waals surface area (Å²) in [4.78, 5) is 13.0. The predicted octanol–water partition coefficient (Wildman–Crippen LogP) is 0.753. The van der Waals surface area contributed by atoms with Crippen LogP contribution in [0.2, 0.25) is 5.02 Å². The minimum atomic E-state index is -1.09. The van der Waals surface area contributed by atoms with Crippen molar-refractivity contribution in [3.63, 3.8) is 0 Å². The van der Waals surface area contributed by atoms with Gasteiger partial charge in [-0.1, -0.05) is 11.6 Å². The highest BCUT2D eigenvalue weighted by Crippen LogP contribution is 2.20. The van der Waals surface area contributed by atoms with Crippen molar-refractivity contribution in [1.82, 2.24) is 4.98 Å². The molecular formula is C6H7ClN2O2. The topological polar surface area (TPSA) is 79.1 Å². The number of carboxylic acid groups (broad SMARTS) is 1. The largest absolute Gasteiger partial charge is 0.480 e.